The topological polar surface area (TPSA) is 90.9 Å². The molecule has 1 amide bonds. The van der Waals surface area contributed by atoms with Crippen LogP contribution >= 0.6 is 0 Å². The van der Waals surface area contributed by atoms with Crippen molar-refractivity contribution in [3.05, 3.63) is 58.7 Å². The van der Waals surface area contributed by atoms with Crippen LogP contribution in [0.5, 0.6) is 5.75 Å². The molecule has 0 spiro atoms. The Hall–Kier alpha value is -3.35. The number of hydrogen-bond acceptors (Lipinski definition) is 6. The molecule has 2 aromatic carbocycles. The highest BCUT2D eigenvalue weighted by molar-refractivity contribution is 6.00. The van der Waals surface area contributed by atoms with Crippen LogP contribution in [0.15, 0.2) is 36.4 Å². The summed E-state index contributed by atoms with van der Waals surface area (Å²) in [6.07, 6.45) is -0.802. The maximum absolute atomic E-state index is 12.5. The van der Waals surface area contributed by atoms with Crippen LogP contribution in [0, 0.1) is 13.8 Å². The van der Waals surface area contributed by atoms with E-state index in [1.165, 1.54) is 32.4 Å². The van der Waals surface area contributed by atoms with Crippen molar-refractivity contribution >= 4 is 23.5 Å². The first kappa shape index (κ1) is 21.0. The Morgan fingerprint density at radius 1 is 0.929 bits per heavy atom. The first-order valence-corrected chi connectivity index (χ1v) is 8.62. The van der Waals surface area contributed by atoms with Crippen molar-refractivity contribution in [3.8, 4) is 5.75 Å². The van der Waals surface area contributed by atoms with Crippen molar-refractivity contribution in [2.75, 3.05) is 19.5 Å². The Morgan fingerprint density at radius 2 is 1.50 bits per heavy atom. The van der Waals surface area contributed by atoms with Crippen LogP contribution in [0.2, 0.25) is 0 Å². The first-order valence-electron chi connectivity index (χ1n) is 8.62. The van der Waals surface area contributed by atoms with Gasteiger partial charge in [-0.25, -0.2) is 9.59 Å². The number of ether oxygens (including phenoxy) is 3. The molecule has 0 aliphatic carbocycles. The minimum atomic E-state index is -0.802. The van der Waals surface area contributed by atoms with Crippen LogP contribution in [-0.4, -0.2) is 38.2 Å². The Labute approximate surface area is 163 Å². The third-order valence-corrected chi connectivity index (χ3v) is 4.27. The lowest BCUT2D eigenvalue weighted by Gasteiger charge is -2.17. The van der Waals surface area contributed by atoms with Crippen molar-refractivity contribution in [1.82, 2.24) is 0 Å². The molecular formula is C21H23NO6. The first-order chi connectivity index (χ1) is 13.3. The molecule has 0 fully saturated rings. The molecule has 0 radical (unpaired) electrons. The Balaban J connectivity index is 2.23. The minimum Gasteiger partial charge on any atom is -0.481 e. The van der Waals surface area contributed by atoms with Gasteiger partial charge in [0.2, 0.25) is 0 Å². The molecule has 2 rings (SSSR count). The van der Waals surface area contributed by atoms with Crippen molar-refractivity contribution in [2.45, 2.75) is 26.9 Å². The normalized spacial score (nSPS) is 11.3. The zero-order valence-corrected chi connectivity index (χ0v) is 16.5. The molecule has 0 heterocycles. The maximum atomic E-state index is 12.5. The molecule has 28 heavy (non-hydrogen) atoms. The number of anilines is 1. The van der Waals surface area contributed by atoms with Crippen molar-refractivity contribution in [2.24, 2.45) is 0 Å². The van der Waals surface area contributed by atoms with Crippen LogP contribution < -0.4 is 10.1 Å². The summed E-state index contributed by atoms with van der Waals surface area (Å²) in [6, 6.07) is 9.77. The van der Waals surface area contributed by atoms with Crippen molar-refractivity contribution in [1.29, 1.82) is 0 Å². The number of nitrogens with one attached hydrogen (secondary N) is 1. The van der Waals surface area contributed by atoms with E-state index in [-0.39, 0.29) is 16.8 Å². The zero-order chi connectivity index (χ0) is 20.8. The third-order valence-electron chi connectivity index (χ3n) is 4.27. The molecule has 2 aromatic rings. The number of benzene rings is 2. The van der Waals surface area contributed by atoms with Crippen LogP contribution in [0.3, 0.4) is 0 Å². The smallest absolute Gasteiger partial charge is 0.337 e. The van der Waals surface area contributed by atoms with Gasteiger partial charge in [0, 0.05) is 5.69 Å². The van der Waals surface area contributed by atoms with E-state index >= 15 is 0 Å². The Kier molecular flexibility index (Phi) is 6.76. The van der Waals surface area contributed by atoms with E-state index < -0.39 is 23.9 Å². The molecule has 0 saturated carbocycles. The predicted octanol–water partition coefficient (Wildman–Crippen LogP) is 3.28. The molecule has 0 aliphatic heterocycles. The highest BCUT2D eigenvalue weighted by atomic mass is 16.5. The zero-order valence-electron chi connectivity index (χ0n) is 16.5. The fraction of sp³-hybridized carbons (Fsp3) is 0.286. The van der Waals surface area contributed by atoms with Gasteiger partial charge in [-0.15, -0.1) is 0 Å². The number of carbonyl (C=O) groups is 3. The van der Waals surface area contributed by atoms with E-state index in [4.69, 9.17) is 4.74 Å². The second-order valence-corrected chi connectivity index (χ2v) is 6.23. The summed E-state index contributed by atoms with van der Waals surface area (Å²) in [7, 11) is 2.46. The van der Waals surface area contributed by atoms with Gasteiger partial charge in [-0.3, -0.25) is 4.79 Å². The van der Waals surface area contributed by atoms with E-state index in [1.807, 2.05) is 26.0 Å². The van der Waals surface area contributed by atoms with Gasteiger partial charge in [0.25, 0.3) is 5.91 Å². The lowest BCUT2D eigenvalue weighted by molar-refractivity contribution is -0.122. The van der Waals surface area contributed by atoms with Gasteiger partial charge in [0.1, 0.15) is 5.75 Å². The van der Waals surface area contributed by atoms with Gasteiger partial charge < -0.3 is 19.5 Å². The molecule has 1 unspecified atom stereocenters. The average Bonchev–Trinajstić information content (AvgIpc) is 2.69. The predicted molar refractivity (Wildman–Crippen MR) is 104 cm³/mol. The largest absolute Gasteiger partial charge is 0.481 e. The molecular weight excluding hydrogens is 362 g/mol. The second-order valence-electron chi connectivity index (χ2n) is 6.23. The van der Waals surface area contributed by atoms with Gasteiger partial charge in [-0.1, -0.05) is 12.1 Å². The van der Waals surface area contributed by atoms with E-state index in [0.29, 0.717) is 5.75 Å². The minimum absolute atomic E-state index is 0.115. The molecule has 7 nitrogen and oxygen atoms in total. The summed E-state index contributed by atoms with van der Waals surface area (Å²) in [4.78, 5) is 36.2. The number of esters is 2. The summed E-state index contributed by atoms with van der Waals surface area (Å²) in [5, 5.41) is 2.66. The third kappa shape index (κ3) is 4.88. The van der Waals surface area contributed by atoms with E-state index in [1.54, 1.807) is 13.0 Å². The molecule has 1 N–H and O–H groups in total. The molecule has 0 aromatic heterocycles. The summed E-state index contributed by atoms with van der Waals surface area (Å²) in [5.74, 6) is -1.10. The summed E-state index contributed by atoms with van der Waals surface area (Å²) < 4.78 is 15.1. The summed E-state index contributed by atoms with van der Waals surface area (Å²) >= 11 is 0. The Morgan fingerprint density at radius 3 is 2.04 bits per heavy atom. The molecule has 0 aliphatic rings. The van der Waals surface area contributed by atoms with E-state index in [2.05, 4.69) is 14.8 Å². The quantitative estimate of drug-likeness (QED) is 0.768. The van der Waals surface area contributed by atoms with Crippen LogP contribution in [0.25, 0.3) is 0 Å². The van der Waals surface area contributed by atoms with Crippen molar-refractivity contribution in [3.63, 3.8) is 0 Å². The average molecular weight is 385 g/mol. The molecule has 0 bridgehead atoms. The maximum Gasteiger partial charge on any atom is 0.337 e. The summed E-state index contributed by atoms with van der Waals surface area (Å²) in [5.41, 5.74) is 2.48. The lowest BCUT2D eigenvalue weighted by atomic mass is 10.1. The van der Waals surface area contributed by atoms with Gasteiger partial charge in [-0.2, -0.15) is 0 Å². The van der Waals surface area contributed by atoms with Crippen LogP contribution in [-0.2, 0) is 14.3 Å². The highest BCUT2D eigenvalue weighted by Crippen LogP contribution is 2.22. The van der Waals surface area contributed by atoms with E-state index in [0.717, 1.165) is 11.1 Å². The second kappa shape index (κ2) is 9.03. The molecule has 7 heteroatoms. The van der Waals surface area contributed by atoms with Gasteiger partial charge in [0.05, 0.1) is 25.3 Å². The lowest BCUT2D eigenvalue weighted by Crippen LogP contribution is -2.30. The number of hydrogen-bond donors (Lipinski definition) is 1. The number of methoxy groups -OCH3 is 2. The standard InChI is InChI=1S/C21H23NO6/c1-12-7-6-8-18(13(12)2)28-14(3)19(23)22-17-10-15(20(24)26-4)9-16(11-17)21(25)27-5/h6-11,14H,1-5H3,(H,22,23). The number of rotatable bonds is 6. The molecule has 0 saturated heterocycles. The van der Waals surface area contributed by atoms with Gasteiger partial charge in [0.15, 0.2) is 6.10 Å². The fourth-order valence-electron chi connectivity index (χ4n) is 2.51. The monoisotopic (exact) mass is 385 g/mol. The molecule has 148 valence electrons. The van der Waals surface area contributed by atoms with Gasteiger partial charge >= 0.3 is 11.9 Å². The fourth-order valence-corrected chi connectivity index (χ4v) is 2.51. The Bertz CT molecular complexity index is 872. The highest BCUT2D eigenvalue weighted by Gasteiger charge is 2.19. The van der Waals surface area contributed by atoms with Gasteiger partial charge in [-0.05, 0) is 56.2 Å². The van der Waals surface area contributed by atoms with E-state index in [9.17, 15) is 14.4 Å². The van der Waals surface area contributed by atoms with Crippen molar-refractivity contribution < 1.29 is 28.6 Å². The molecule has 1 atom stereocenters. The number of aryl methyl sites for hydroxylation is 1. The SMILES string of the molecule is COC(=O)c1cc(NC(=O)C(C)Oc2cccc(C)c2C)cc(C(=O)OC)c1. The number of carbonyl (C=O) groups excluding carboxylic acids is 3. The number of amides is 1. The van der Waals surface area contributed by atoms with Crippen LogP contribution in [0.4, 0.5) is 5.69 Å². The van der Waals surface area contributed by atoms with Crippen LogP contribution in [0.1, 0.15) is 38.8 Å². The summed E-state index contributed by atoms with van der Waals surface area (Å²) in [6.45, 7) is 5.49.